The molecular weight excluding hydrogens is 1770 g/mol. The Bertz CT molecular complexity index is 6610. The molecule has 1 unspecified atom stereocenters. The number of ether oxygens (including phenoxy) is 1. The van der Waals surface area contributed by atoms with Crippen LogP contribution in [0.3, 0.4) is 0 Å². The van der Waals surface area contributed by atoms with Crippen molar-refractivity contribution in [3.8, 4) is 5.75 Å². The van der Waals surface area contributed by atoms with Gasteiger partial charge in [0.1, 0.15) is 23.4 Å². The fourth-order valence-electron chi connectivity index (χ4n) is 21.3. The van der Waals surface area contributed by atoms with Gasteiger partial charge in [0.2, 0.25) is 0 Å². The number of thioether (sulfide) groups is 2. The Hall–Kier alpha value is -10.9. The Labute approximate surface area is 872 Å². The van der Waals surface area contributed by atoms with Crippen LogP contribution in [0.1, 0.15) is 365 Å². The number of rotatable bonds is 0. The first kappa shape index (κ1) is 113. The van der Waals surface area contributed by atoms with E-state index in [1.807, 2.05) is 59.1 Å². The zero-order chi connectivity index (χ0) is 104. The van der Waals surface area contributed by atoms with E-state index in [2.05, 4.69) is 437 Å². The van der Waals surface area contributed by atoms with E-state index in [0.717, 1.165) is 34.7 Å². The van der Waals surface area contributed by atoms with Crippen molar-refractivity contribution in [1.29, 1.82) is 0 Å². The van der Waals surface area contributed by atoms with E-state index < -0.39 is 0 Å². The van der Waals surface area contributed by atoms with Crippen LogP contribution in [0.15, 0.2) is 348 Å². The third-order valence-corrected chi connectivity index (χ3v) is 31.1. The molecule has 2 aromatic heterocycles. The molecule has 0 amide bonds. The SMILES string of the molecule is CC(C)=C1C(=C(C)C)C(C)c2ccccc21.CC(C)=C1CCCc2ccccc2C1=C(C)C.CC(C)=C1CCc2ccccc2C1=C(C)C.CC(C)=C1CCc2sccc2C1=C(C)C.CC(C)=C1COc2ccccc2C1=C(C)C.CC(C)=C1CSc2ccccc2C1=C(C)C.CC(C)=C1Cc2ccccc2C1=C(C)C.CC(C)=C1SCc2ccccc2C1=C(C)C.CC(C)=c1oc2ccccc2c1=C(C)C. The van der Waals surface area contributed by atoms with Crippen molar-refractivity contribution >= 4 is 102 Å². The summed E-state index contributed by atoms with van der Waals surface area (Å²) in [7, 11) is 0. The molecule has 5 aliphatic carbocycles. The van der Waals surface area contributed by atoms with E-state index in [9.17, 15) is 0 Å². The first-order chi connectivity index (χ1) is 67.4. The number of para-hydroxylation sites is 2. The maximum absolute atomic E-state index is 5.86. The van der Waals surface area contributed by atoms with Crippen molar-refractivity contribution in [3.05, 3.63) is 426 Å². The Kier molecular flexibility index (Phi) is 41.4. The second kappa shape index (κ2) is 52.0. The molecule has 8 aromatic carbocycles. The molecule has 0 saturated carbocycles. The normalized spacial score (nSPS) is 14.8. The van der Waals surface area contributed by atoms with Crippen LogP contribution in [0, 0.1) is 0 Å². The van der Waals surface area contributed by atoms with Crippen LogP contribution in [0.2, 0.25) is 0 Å². The Morgan fingerprint density at radius 3 is 1.17 bits per heavy atom. The van der Waals surface area contributed by atoms with E-state index >= 15 is 0 Å². The molecule has 0 fully saturated rings. The van der Waals surface area contributed by atoms with Crippen molar-refractivity contribution in [1.82, 2.24) is 0 Å². The summed E-state index contributed by atoms with van der Waals surface area (Å²) < 4.78 is 11.6. The number of thiophene rings is 1. The minimum absolute atomic E-state index is 0.547. The van der Waals surface area contributed by atoms with Crippen LogP contribution >= 0.6 is 34.9 Å². The second-order valence-electron chi connectivity index (χ2n) is 43.0. The van der Waals surface area contributed by atoms with Crippen molar-refractivity contribution in [2.24, 2.45) is 0 Å². The van der Waals surface area contributed by atoms with Gasteiger partial charge in [-0.2, -0.15) is 0 Å². The summed E-state index contributed by atoms with van der Waals surface area (Å²) in [5.41, 5.74) is 68.5. The van der Waals surface area contributed by atoms with Crippen LogP contribution in [-0.2, 0) is 31.4 Å². The Morgan fingerprint density at radius 2 is 0.669 bits per heavy atom. The standard InChI is InChI=1S/C17H22.2C16H20.C15H18O.2C15H18S.C15H18.C14H16O.C14H18S/c1-12(2)15-11-7-9-14-8-5-6-10-16(14)17(15)13(3)4;1-10(2)15-12(5)13-8-6-7-9-14(13)16(15)11(3)4;1-11(2)14-10-9-13-7-5-6-8-15(13)16(14)12(3)4;2*1-10(2)13-9-16-14-8-6-5-7-12(14)15(13)11(3)4;1-10(2)14-13-8-6-5-7-12(13)9-16-15(14)11(3)4;1-10(2)14-9-12-7-5-6-8-13(12)15(14)11(3)4;1-9(2)13-11-7-5-6-8-12(11)15-14(13)10(3)4;1-9(2)11-5-6-13-12(7-8-15-13)14(11)10(3)4/h5-6,8,10H,7,9,11H2,1-4H3;6-9,12H,1-5H3;5-8H,9-10H2,1-4H3;3*5-8H,9H2,1-4H3;5-8H,9H2,1-4H3;5-8H,1-4H3;7-8H,5-6H2,1-4H3. The maximum Gasteiger partial charge on any atom is 0.135 e. The number of benzene rings is 8. The van der Waals surface area contributed by atoms with Crippen molar-refractivity contribution < 1.29 is 9.15 Å². The highest BCUT2D eigenvalue weighted by Gasteiger charge is 2.32. The first-order valence-electron chi connectivity index (χ1n) is 51.9. The molecule has 746 valence electrons. The van der Waals surface area contributed by atoms with Gasteiger partial charge >= 0.3 is 0 Å². The molecule has 5 heterocycles. The minimum Gasteiger partial charge on any atom is -0.488 e. The van der Waals surface area contributed by atoms with Crippen LogP contribution < -0.4 is 15.4 Å². The smallest absolute Gasteiger partial charge is 0.135 e. The topological polar surface area (TPSA) is 22.4 Å². The lowest BCUT2D eigenvalue weighted by molar-refractivity contribution is 0.347. The molecule has 0 radical (unpaired) electrons. The molecule has 0 bridgehead atoms. The fourth-order valence-corrected chi connectivity index (χ4v) is 24.7. The lowest BCUT2D eigenvalue weighted by Crippen LogP contribution is -2.23. The summed E-state index contributed by atoms with van der Waals surface area (Å²) in [4.78, 5) is 4.46. The fraction of sp³-hybridized carbons (Fsp3) is 0.358. The van der Waals surface area contributed by atoms with E-state index in [1.54, 1.807) is 21.6 Å². The van der Waals surface area contributed by atoms with Gasteiger partial charge in [0.15, 0.2) is 0 Å². The maximum atomic E-state index is 5.86. The van der Waals surface area contributed by atoms with Gasteiger partial charge < -0.3 is 9.15 Å². The van der Waals surface area contributed by atoms with Crippen LogP contribution in [-0.4, -0.2) is 12.4 Å². The van der Waals surface area contributed by atoms with E-state index in [-0.39, 0.29) is 0 Å². The summed E-state index contributed by atoms with van der Waals surface area (Å²) in [5.74, 6) is 3.77. The minimum atomic E-state index is 0.547. The first-order valence-corrected chi connectivity index (χ1v) is 54.7. The van der Waals surface area contributed by atoms with Gasteiger partial charge in [0.05, 0.1) is 0 Å². The molecule has 10 aromatic rings. The third-order valence-electron chi connectivity index (χ3n) is 27.7. The molecule has 1 atom stereocenters. The summed E-state index contributed by atoms with van der Waals surface area (Å²) >= 11 is 5.83. The Morgan fingerprint density at radius 1 is 0.268 bits per heavy atom. The van der Waals surface area contributed by atoms with Gasteiger partial charge in [0, 0.05) is 48.3 Å². The highest BCUT2D eigenvalue weighted by molar-refractivity contribution is 8.03. The molecule has 5 heteroatoms. The largest absolute Gasteiger partial charge is 0.488 e. The van der Waals surface area contributed by atoms with Crippen LogP contribution in [0.4, 0.5) is 0 Å². The molecule has 142 heavy (non-hydrogen) atoms. The van der Waals surface area contributed by atoms with Crippen molar-refractivity contribution in [3.63, 3.8) is 0 Å². The Balaban J connectivity index is 0.000000164. The molecule has 18 rings (SSSR count). The lowest BCUT2D eigenvalue weighted by Gasteiger charge is -2.25. The summed E-state index contributed by atoms with van der Waals surface area (Å²) in [6, 6.07) is 71.5. The molecule has 8 aliphatic rings. The predicted molar refractivity (Wildman–Crippen MR) is 637 cm³/mol. The number of fused-ring (bicyclic) bond motifs is 9. The van der Waals surface area contributed by atoms with Gasteiger partial charge in [-0.15, -0.1) is 34.9 Å². The van der Waals surface area contributed by atoms with Crippen LogP contribution in [0.5, 0.6) is 5.75 Å². The molecular formula is C137H168O2S3. The van der Waals surface area contributed by atoms with E-state index in [0.29, 0.717) is 12.5 Å². The average Bonchev–Trinajstić information content (AvgIpc) is 1.63. The van der Waals surface area contributed by atoms with Gasteiger partial charge in [0.25, 0.3) is 0 Å². The number of hydrogen-bond acceptors (Lipinski definition) is 5. The van der Waals surface area contributed by atoms with Crippen molar-refractivity contribution in [2.45, 2.75) is 324 Å². The highest BCUT2D eigenvalue weighted by atomic mass is 32.2. The van der Waals surface area contributed by atoms with Gasteiger partial charge in [-0.1, -0.05) is 278 Å². The summed E-state index contributed by atoms with van der Waals surface area (Å²) in [6.45, 7) is 82.3. The average molecular weight is 1940 g/mol. The zero-order valence-corrected chi connectivity index (χ0v) is 96.5. The molecule has 3 aliphatic heterocycles. The van der Waals surface area contributed by atoms with Gasteiger partial charge in [-0.05, 0) is 486 Å². The number of aryl methyl sites for hydroxylation is 3. The number of furan rings is 1. The zero-order valence-electron chi connectivity index (χ0n) is 94.0. The second-order valence-corrected chi connectivity index (χ2v) is 46.0. The monoisotopic (exact) mass is 1940 g/mol. The lowest BCUT2D eigenvalue weighted by atomic mass is 9.80. The van der Waals surface area contributed by atoms with Gasteiger partial charge in [-0.25, -0.2) is 0 Å². The van der Waals surface area contributed by atoms with E-state index in [4.69, 9.17) is 9.15 Å². The quantitative estimate of drug-likeness (QED) is 0.141. The summed E-state index contributed by atoms with van der Waals surface area (Å²) in [6.07, 6.45) is 9.64. The molecule has 0 N–H and O–H groups in total. The molecule has 2 nitrogen and oxygen atoms in total. The number of allylic oxidation sites excluding steroid dienone is 28. The summed E-state index contributed by atoms with van der Waals surface area (Å²) in [5, 5.41) is 4.70. The van der Waals surface area contributed by atoms with Crippen LogP contribution in [0.25, 0.3) is 66.7 Å². The number of hydrogen-bond donors (Lipinski definition) is 0. The predicted octanol–water partition coefficient (Wildman–Crippen LogP) is 41.0. The highest BCUT2D eigenvalue weighted by Crippen LogP contribution is 2.51. The third kappa shape index (κ3) is 27.4. The molecule has 0 saturated heterocycles. The van der Waals surface area contributed by atoms with Crippen molar-refractivity contribution in [2.75, 3.05) is 12.4 Å². The van der Waals surface area contributed by atoms with E-state index in [1.165, 1.54) is 305 Å². The molecule has 0 spiro atoms. The van der Waals surface area contributed by atoms with Gasteiger partial charge in [-0.3, -0.25) is 0 Å².